The van der Waals surface area contributed by atoms with Crippen LogP contribution in [0.1, 0.15) is 39.6 Å². The standard InChI is InChI=1S/C29H20N4O4/c30-15-21(28-32-23-9-3-4-10-24(23)33-28)25(34)16-37-29(35)26-19-7-1-2-8-22(19)31-27-17(11-12-20(26)27)14-18-6-5-13-36-18/h1-10,13-14,34H,11-12,16H2,(H,32,33)/b17-14?,25-21-. The minimum atomic E-state index is -0.595. The van der Waals surface area contributed by atoms with Gasteiger partial charge in [0, 0.05) is 5.39 Å². The molecule has 6 rings (SSSR count). The largest absolute Gasteiger partial charge is 0.507 e. The van der Waals surface area contributed by atoms with E-state index in [-0.39, 0.29) is 17.2 Å². The molecule has 0 bridgehead atoms. The first kappa shape index (κ1) is 22.3. The predicted molar refractivity (Wildman–Crippen MR) is 138 cm³/mol. The van der Waals surface area contributed by atoms with E-state index < -0.39 is 12.6 Å². The monoisotopic (exact) mass is 488 g/mol. The number of pyridine rings is 1. The van der Waals surface area contributed by atoms with Crippen LogP contribution in [-0.4, -0.2) is 32.6 Å². The third-order valence-corrected chi connectivity index (χ3v) is 6.37. The SMILES string of the molecule is N#C/C(=C(/O)COC(=O)c1c2c(nc3ccccc13)C(=Cc1ccco1)CC2)c1nc2ccccc2[nH]1. The number of H-pyrrole nitrogens is 1. The lowest BCUT2D eigenvalue weighted by Gasteiger charge is -2.12. The molecule has 0 spiro atoms. The van der Waals surface area contributed by atoms with Crippen molar-refractivity contribution < 1.29 is 19.1 Å². The van der Waals surface area contributed by atoms with Crippen molar-refractivity contribution in [2.24, 2.45) is 0 Å². The van der Waals surface area contributed by atoms with Gasteiger partial charge in [0.15, 0.2) is 11.6 Å². The van der Waals surface area contributed by atoms with Crippen LogP contribution in [0, 0.1) is 11.3 Å². The highest BCUT2D eigenvalue weighted by molar-refractivity contribution is 6.07. The molecule has 0 saturated heterocycles. The number of esters is 1. The number of nitrogens with one attached hydrogen (secondary N) is 1. The van der Waals surface area contributed by atoms with Gasteiger partial charge in [-0.15, -0.1) is 0 Å². The molecule has 0 atom stereocenters. The molecule has 37 heavy (non-hydrogen) atoms. The number of furan rings is 1. The van der Waals surface area contributed by atoms with Crippen LogP contribution in [0.5, 0.6) is 0 Å². The Labute approximate surface area is 211 Å². The number of imidazole rings is 1. The number of carbonyl (C=O) groups is 1. The van der Waals surface area contributed by atoms with E-state index in [0.717, 1.165) is 22.3 Å². The second-order valence-corrected chi connectivity index (χ2v) is 8.63. The highest BCUT2D eigenvalue weighted by Crippen LogP contribution is 2.38. The number of para-hydroxylation sites is 3. The number of aliphatic hydroxyl groups excluding tert-OH is 1. The van der Waals surface area contributed by atoms with Crippen LogP contribution in [0.3, 0.4) is 0 Å². The second-order valence-electron chi connectivity index (χ2n) is 8.63. The fourth-order valence-electron chi connectivity index (χ4n) is 4.66. The zero-order chi connectivity index (χ0) is 25.4. The van der Waals surface area contributed by atoms with Gasteiger partial charge in [-0.05, 0) is 60.4 Å². The summed E-state index contributed by atoms with van der Waals surface area (Å²) < 4.78 is 11.0. The van der Waals surface area contributed by atoms with Crippen LogP contribution < -0.4 is 0 Å². The van der Waals surface area contributed by atoms with E-state index in [9.17, 15) is 15.2 Å². The molecule has 3 aromatic heterocycles. The molecule has 1 aliphatic rings. The van der Waals surface area contributed by atoms with Gasteiger partial charge in [-0.1, -0.05) is 30.3 Å². The maximum Gasteiger partial charge on any atom is 0.339 e. The Balaban J connectivity index is 1.34. The number of aliphatic hydroxyl groups is 1. The number of aromatic amines is 1. The third-order valence-electron chi connectivity index (χ3n) is 6.37. The summed E-state index contributed by atoms with van der Waals surface area (Å²) in [7, 11) is 0. The Kier molecular flexibility index (Phi) is 5.51. The highest BCUT2D eigenvalue weighted by Gasteiger charge is 2.28. The molecule has 5 aromatic rings. The molecule has 2 N–H and O–H groups in total. The van der Waals surface area contributed by atoms with E-state index in [2.05, 4.69) is 9.97 Å². The van der Waals surface area contributed by atoms with Gasteiger partial charge in [-0.3, -0.25) is 0 Å². The van der Waals surface area contributed by atoms with Gasteiger partial charge in [-0.25, -0.2) is 14.8 Å². The fourth-order valence-corrected chi connectivity index (χ4v) is 4.66. The third kappa shape index (κ3) is 4.02. The maximum atomic E-state index is 13.4. The normalized spacial score (nSPS) is 14.5. The van der Waals surface area contributed by atoms with Crippen molar-refractivity contribution >= 4 is 45.1 Å². The van der Waals surface area contributed by atoms with E-state index in [1.165, 1.54) is 0 Å². The molecule has 8 nitrogen and oxygen atoms in total. The molecule has 180 valence electrons. The molecule has 0 unspecified atom stereocenters. The van der Waals surface area contributed by atoms with Crippen LogP contribution in [0.25, 0.3) is 39.2 Å². The quantitative estimate of drug-likeness (QED) is 0.181. The molecule has 3 heterocycles. The first-order chi connectivity index (χ1) is 18.1. The van der Waals surface area contributed by atoms with E-state index in [4.69, 9.17) is 14.1 Å². The minimum absolute atomic E-state index is 0.0857. The first-order valence-corrected chi connectivity index (χ1v) is 11.7. The van der Waals surface area contributed by atoms with Crippen LogP contribution in [0.2, 0.25) is 0 Å². The summed E-state index contributed by atoms with van der Waals surface area (Å²) in [5.41, 5.74) is 4.89. The number of carbonyl (C=O) groups excluding carboxylic acids is 1. The van der Waals surface area contributed by atoms with E-state index in [1.807, 2.05) is 66.7 Å². The van der Waals surface area contributed by atoms with Gasteiger partial charge in [0.05, 0.1) is 34.1 Å². The lowest BCUT2D eigenvalue weighted by molar-refractivity contribution is 0.0504. The van der Waals surface area contributed by atoms with Gasteiger partial charge >= 0.3 is 5.97 Å². The van der Waals surface area contributed by atoms with Crippen LogP contribution in [-0.2, 0) is 11.2 Å². The summed E-state index contributed by atoms with van der Waals surface area (Å²) in [4.78, 5) is 25.6. The first-order valence-electron chi connectivity index (χ1n) is 11.7. The predicted octanol–water partition coefficient (Wildman–Crippen LogP) is 5.84. The number of hydrogen-bond acceptors (Lipinski definition) is 7. The number of ether oxygens (including phenoxy) is 1. The molecule has 0 amide bonds. The number of rotatable bonds is 5. The van der Waals surface area contributed by atoms with E-state index in [0.29, 0.717) is 40.6 Å². The van der Waals surface area contributed by atoms with Gasteiger partial charge in [0.2, 0.25) is 0 Å². The zero-order valence-electron chi connectivity index (χ0n) is 19.6. The van der Waals surface area contributed by atoms with Crippen molar-refractivity contribution in [3.05, 3.63) is 101 Å². The summed E-state index contributed by atoms with van der Waals surface area (Å²) in [6, 6.07) is 20.3. The Morgan fingerprint density at radius 3 is 2.68 bits per heavy atom. The molecule has 8 heteroatoms. The molecule has 2 aromatic carbocycles. The molecule has 1 aliphatic carbocycles. The van der Waals surface area contributed by atoms with Crippen molar-refractivity contribution in [3.63, 3.8) is 0 Å². The average molecular weight is 489 g/mol. The minimum Gasteiger partial charge on any atom is -0.507 e. The molecule has 0 radical (unpaired) electrons. The summed E-state index contributed by atoms with van der Waals surface area (Å²) in [5.74, 6) is -0.0577. The van der Waals surface area contributed by atoms with Gasteiger partial charge in [-0.2, -0.15) is 5.26 Å². The topological polar surface area (TPSA) is 125 Å². The van der Waals surface area contributed by atoms with E-state index >= 15 is 0 Å². The van der Waals surface area contributed by atoms with Gasteiger partial charge in [0.1, 0.15) is 24.0 Å². The summed E-state index contributed by atoms with van der Waals surface area (Å²) in [6.07, 6.45) is 4.87. The van der Waals surface area contributed by atoms with Crippen molar-refractivity contribution in [2.45, 2.75) is 12.8 Å². The Morgan fingerprint density at radius 2 is 1.89 bits per heavy atom. The van der Waals surface area contributed by atoms with Crippen molar-refractivity contribution in [1.29, 1.82) is 5.26 Å². The van der Waals surface area contributed by atoms with Crippen LogP contribution in [0.15, 0.2) is 77.1 Å². The zero-order valence-corrected chi connectivity index (χ0v) is 19.6. The lowest BCUT2D eigenvalue weighted by Crippen LogP contribution is -2.13. The van der Waals surface area contributed by atoms with Crippen LogP contribution >= 0.6 is 0 Å². The van der Waals surface area contributed by atoms with E-state index in [1.54, 1.807) is 12.3 Å². The smallest absolute Gasteiger partial charge is 0.339 e. The van der Waals surface area contributed by atoms with Crippen molar-refractivity contribution in [2.75, 3.05) is 6.61 Å². The number of benzene rings is 2. The number of nitriles is 1. The number of allylic oxidation sites excluding steroid dienone is 2. The summed E-state index contributed by atoms with van der Waals surface area (Å²) in [5, 5.41) is 21.0. The number of aromatic nitrogens is 3. The molecule has 0 saturated carbocycles. The molecular weight excluding hydrogens is 468 g/mol. The highest BCUT2D eigenvalue weighted by atomic mass is 16.5. The Hall–Kier alpha value is -5.16. The van der Waals surface area contributed by atoms with Crippen LogP contribution in [0.4, 0.5) is 0 Å². The molecular formula is C29H20N4O4. The Morgan fingerprint density at radius 1 is 1.08 bits per heavy atom. The number of nitrogens with zero attached hydrogens (tertiary/aromatic N) is 3. The molecule has 0 fully saturated rings. The number of hydrogen-bond donors (Lipinski definition) is 2. The van der Waals surface area contributed by atoms with Gasteiger partial charge in [0.25, 0.3) is 0 Å². The average Bonchev–Trinajstić information content (AvgIpc) is 3.67. The Bertz CT molecular complexity index is 1740. The lowest BCUT2D eigenvalue weighted by atomic mass is 10.0. The van der Waals surface area contributed by atoms with Gasteiger partial charge < -0.3 is 19.2 Å². The van der Waals surface area contributed by atoms with Crippen molar-refractivity contribution in [3.8, 4) is 6.07 Å². The second kappa shape index (κ2) is 9.13. The summed E-state index contributed by atoms with van der Waals surface area (Å²) in [6.45, 7) is -0.473. The summed E-state index contributed by atoms with van der Waals surface area (Å²) >= 11 is 0. The fraction of sp³-hybridized carbons (Fsp3) is 0.103. The maximum absolute atomic E-state index is 13.4. The number of fused-ring (bicyclic) bond motifs is 3. The molecule has 0 aliphatic heterocycles. The van der Waals surface area contributed by atoms with Crippen molar-refractivity contribution in [1.82, 2.24) is 15.0 Å².